The number of rotatable bonds is 10. The van der Waals surface area contributed by atoms with Gasteiger partial charge in [-0.05, 0) is 90.6 Å². The molecule has 1 aromatic rings. The van der Waals surface area contributed by atoms with Crippen molar-refractivity contribution in [3.05, 3.63) is 29.8 Å². The summed E-state index contributed by atoms with van der Waals surface area (Å²) >= 11 is 0. The van der Waals surface area contributed by atoms with Crippen LogP contribution in [0.15, 0.2) is 24.3 Å². The standard InChI is InChI=1S/C25H41NO5/c1-25(2,3)31-23(27)19-20-9-5-6-15-26(17-14-20)16-7-8-18-30-22-12-10-21(11-13-22)24(28)29-4/h10-13,20,24,28H,5-9,14-19H2,1-4H3. The summed E-state index contributed by atoms with van der Waals surface area (Å²) in [6.45, 7) is 9.73. The number of ether oxygens (including phenoxy) is 3. The molecule has 1 N–H and O–H groups in total. The highest BCUT2D eigenvalue weighted by Gasteiger charge is 2.22. The molecular formula is C25H41NO5. The van der Waals surface area contributed by atoms with Crippen LogP contribution in [-0.4, -0.2) is 54.9 Å². The van der Waals surface area contributed by atoms with E-state index in [1.165, 1.54) is 20.0 Å². The lowest BCUT2D eigenvalue weighted by atomic mass is 9.93. The molecule has 2 atom stereocenters. The summed E-state index contributed by atoms with van der Waals surface area (Å²) in [5, 5.41) is 9.64. The molecule has 1 aliphatic heterocycles. The minimum absolute atomic E-state index is 0.0634. The Hall–Kier alpha value is -1.63. The van der Waals surface area contributed by atoms with Crippen LogP contribution in [0.5, 0.6) is 5.75 Å². The zero-order valence-electron chi connectivity index (χ0n) is 19.8. The first kappa shape index (κ1) is 25.6. The zero-order chi connectivity index (χ0) is 22.7. The van der Waals surface area contributed by atoms with Gasteiger partial charge in [0, 0.05) is 19.1 Å². The molecule has 1 aromatic carbocycles. The van der Waals surface area contributed by atoms with E-state index in [9.17, 15) is 9.90 Å². The van der Waals surface area contributed by atoms with E-state index in [1.54, 1.807) is 0 Å². The molecule has 0 amide bonds. The van der Waals surface area contributed by atoms with Crippen molar-refractivity contribution in [2.75, 3.05) is 33.4 Å². The lowest BCUT2D eigenvalue weighted by molar-refractivity contribution is -0.156. The van der Waals surface area contributed by atoms with Crippen molar-refractivity contribution >= 4 is 5.97 Å². The van der Waals surface area contributed by atoms with Gasteiger partial charge in [0.2, 0.25) is 0 Å². The van der Waals surface area contributed by atoms with Crippen molar-refractivity contribution in [1.82, 2.24) is 4.90 Å². The second kappa shape index (κ2) is 13.0. The molecule has 0 aromatic heterocycles. The SMILES string of the molecule is COC(O)c1ccc(OCCCCN2CCCCC(CC(=O)OC(C)(C)C)CC2)cc1. The number of aliphatic hydroxyl groups is 1. The largest absolute Gasteiger partial charge is 0.494 e. The molecule has 2 rings (SSSR count). The Bertz CT molecular complexity index is 640. The molecule has 31 heavy (non-hydrogen) atoms. The quantitative estimate of drug-likeness (QED) is 0.326. The van der Waals surface area contributed by atoms with Gasteiger partial charge in [-0.3, -0.25) is 4.79 Å². The average molecular weight is 436 g/mol. The summed E-state index contributed by atoms with van der Waals surface area (Å²) < 4.78 is 16.2. The summed E-state index contributed by atoms with van der Waals surface area (Å²) in [5.74, 6) is 1.18. The molecule has 0 radical (unpaired) electrons. The highest BCUT2D eigenvalue weighted by Crippen LogP contribution is 2.23. The van der Waals surface area contributed by atoms with Gasteiger partial charge < -0.3 is 24.2 Å². The van der Waals surface area contributed by atoms with Gasteiger partial charge >= 0.3 is 5.97 Å². The second-order valence-corrected chi connectivity index (χ2v) is 9.50. The van der Waals surface area contributed by atoms with E-state index in [-0.39, 0.29) is 5.97 Å². The van der Waals surface area contributed by atoms with Crippen LogP contribution in [0.25, 0.3) is 0 Å². The van der Waals surface area contributed by atoms with Gasteiger partial charge in [0.15, 0.2) is 6.29 Å². The highest BCUT2D eigenvalue weighted by molar-refractivity contribution is 5.70. The lowest BCUT2D eigenvalue weighted by Gasteiger charge is -2.28. The number of carbonyl (C=O) groups excluding carboxylic acids is 1. The Kier molecular flexibility index (Phi) is 10.8. The smallest absolute Gasteiger partial charge is 0.306 e. The van der Waals surface area contributed by atoms with Crippen LogP contribution in [0.2, 0.25) is 0 Å². The molecule has 0 bridgehead atoms. The highest BCUT2D eigenvalue weighted by atomic mass is 16.6. The lowest BCUT2D eigenvalue weighted by Crippen LogP contribution is -2.32. The molecule has 1 aliphatic rings. The third-order valence-electron chi connectivity index (χ3n) is 5.59. The molecule has 2 unspecified atom stereocenters. The molecule has 0 spiro atoms. The van der Waals surface area contributed by atoms with Gasteiger partial charge in [-0.15, -0.1) is 0 Å². The Balaban J connectivity index is 1.64. The first-order valence-corrected chi connectivity index (χ1v) is 11.6. The van der Waals surface area contributed by atoms with Crippen molar-refractivity contribution in [3.63, 3.8) is 0 Å². The summed E-state index contributed by atoms with van der Waals surface area (Å²) in [6.07, 6.45) is 6.31. The van der Waals surface area contributed by atoms with E-state index in [1.807, 2.05) is 45.0 Å². The van der Waals surface area contributed by atoms with Gasteiger partial charge in [0.1, 0.15) is 11.4 Å². The third-order valence-corrected chi connectivity index (χ3v) is 5.59. The summed E-state index contributed by atoms with van der Waals surface area (Å²) in [6, 6.07) is 7.36. The Labute approximate surface area is 187 Å². The van der Waals surface area contributed by atoms with Gasteiger partial charge in [-0.2, -0.15) is 0 Å². The van der Waals surface area contributed by atoms with E-state index in [0.29, 0.717) is 18.9 Å². The number of hydrogen-bond donors (Lipinski definition) is 1. The number of hydrogen-bond acceptors (Lipinski definition) is 6. The molecule has 1 fully saturated rings. The van der Waals surface area contributed by atoms with Crippen LogP contribution in [0.4, 0.5) is 0 Å². The van der Waals surface area contributed by atoms with Crippen LogP contribution < -0.4 is 4.74 Å². The van der Waals surface area contributed by atoms with Crippen LogP contribution in [-0.2, 0) is 14.3 Å². The first-order chi connectivity index (χ1) is 14.8. The third kappa shape index (κ3) is 10.5. The Morgan fingerprint density at radius 2 is 1.87 bits per heavy atom. The van der Waals surface area contributed by atoms with Crippen LogP contribution >= 0.6 is 0 Å². The maximum atomic E-state index is 12.2. The van der Waals surface area contributed by atoms with Gasteiger partial charge in [0.25, 0.3) is 0 Å². The van der Waals surface area contributed by atoms with Crippen LogP contribution in [0, 0.1) is 5.92 Å². The fourth-order valence-corrected chi connectivity index (χ4v) is 3.93. The molecule has 1 saturated heterocycles. The maximum Gasteiger partial charge on any atom is 0.306 e. The number of nitrogens with zero attached hydrogens (tertiary/aromatic N) is 1. The number of likely N-dealkylation sites (tertiary alicyclic amines) is 1. The fourth-order valence-electron chi connectivity index (χ4n) is 3.93. The molecule has 0 aliphatic carbocycles. The number of methoxy groups -OCH3 is 1. The normalized spacial score (nSPS) is 19.3. The van der Waals surface area contributed by atoms with Crippen LogP contribution in [0.3, 0.4) is 0 Å². The molecule has 6 heteroatoms. The van der Waals surface area contributed by atoms with Crippen molar-refractivity contribution in [2.45, 2.75) is 77.6 Å². The van der Waals surface area contributed by atoms with Crippen LogP contribution in [0.1, 0.15) is 77.6 Å². The first-order valence-electron chi connectivity index (χ1n) is 11.6. The molecular weight excluding hydrogens is 394 g/mol. The monoisotopic (exact) mass is 435 g/mol. The van der Waals surface area contributed by atoms with Crippen molar-refractivity contribution < 1.29 is 24.1 Å². The number of carbonyl (C=O) groups is 1. The summed E-state index contributed by atoms with van der Waals surface area (Å²) in [7, 11) is 1.47. The van der Waals surface area contributed by atoms with Crippen molar-refractivity contribution in [3.8, 4) is 5.75 Å². The molecule has 6 nitrogen and oxygen atoms in total. The minimum atomic E-state index is -0.893. The van der Waals surface area contributed by atoms with E-state index >= 15 is 0 Å². The summed E-state index contributed by atoms with van der Waals surface area (Å²) in [5.41, 5.74) is 0.317. The van der Waals surface area contributed by atoms with E-state index in [0.717, 1.165) is 56.6 Å². The number of aliphatic hydroxyl groups excluding tert-OH is 1. The summed E-state index contributed by atoms with van der Waals surface area (Å²) in [4.78, 5) is 14.7. The predicted octanol–water partition coefficient (Wildman–Crippen LogP) is 4.71. The fraction of sp³-hybridized carbons (Fsp3) is 0.720. The van der Waals surface area contributed by atoms with Crippen molar-refractivity contribution in [2.24, 2.45) is 5.92 Å². The van der Waals surface area contributed by atoms with Gasteiger partial charge in [-0.25, -0.2) is 0 Å². The Morgan fingerprint density at radius 1 is 1.13 bits per heavy atom. The van der Waals surface area contributed by atoms with Gasteiger partial charge in [-0.1, -0.05) is 18.6 Å². The predicted molar refractivity (Wildman–Crippen MR) is 122 cm³/mol. The second-order valence-electron chi connectivity index (χ2n) is 9.50. The maximum absolute atomic E-state index is 12.2. The van der Waals surface area contributed by atoms with E-state index in [2.05, 4.69) is 4.90 Å². The topological polar surface area (TPSA) is 68.2 Å². The average Bonchev–Trinajstić information content (AvgIpc) is 2.70. The van der Waals surface area contributed by atoms with Crippen molar-refractivity contribution in [1.29, 1.82) is 0 Å². The molecule has 176 valence electrons. The van der Waals surface area contributed by atoms with Gasteiger partial charge in [0.05, 0.1) is 6.61 Å². The van der Waals surface area contributed by atoms with E-state index < -0.39 is 11.9 Å². The minimum Gasteiger partial charge on any atom is -0.494 e. The molecule has 0 saturated carbocycles. The van der Waals surface area contributed by atoms with E-state index in [4.69, 9.17) is 14.2 Å². The zero-order valence-corrected chi connectivity index (χ0v) is 19.8. The number of esters is 1. The number of benzene rings is 1. The number of unbranched alkanes of at least 4 members (excludes halogenated alkanes) is 1. The Morgan fingerprint density at radius 3 is 2.55 bits per heavy atom. The molecule has 1 heterocycles.